The van der Waals surface area contributed by atoms with Crippen molar-refractivity contribution < 1.29 is 0 Å². The van der Waals surface area contributed by atoms with E-state index in [4.69, 9.17) is 0 Å². The molecule has 0 N–H and O–H groups in total. The number of unbranched alkanes of at least 4 members (excludes halogenated alkanes) is 2. The first kappa shape index (κ1) is 10.0. The summed E-state index contributed by atoms with van der Waals surface area (Å²) in [4.78, 5) is 2.62. The summed E-state index contributed by atoms with van der Waals surface area (Å²) in [5.41, 5.74) is 0. The van der Waals surface area contributed by atoms with Crippen molar-refractivity contribution in [2.45, 2.75) is 52.4 Å². The second kappa shape index (κ2) is 5.58. The SMILES string of the molecule is CCCCN(CCCC)[C]1CC1. The maximum Gasteiger partial charge on any atom is 0.0394 e. The zero-order valence-corrected chi connectivity index (χ0v) is 8.60. The first-order chi connectivity index (χ1) is 5.88. The Morgan fingerprint density at radius 1 is 1.00 bits per heavy atom. The maximum atomic E-state index is 2.62. The van der Waals surface area contributed by atoms with Crippen LogP contribution in [0.25, 0.3) is 0 Å². The molecule has 1 saturated carbocycles. The molecule has 1 radical (unpaired) electrons. The third-order valence-electron chi connectivity index (χ3n) is 2.48. The van der Waals surface area contributed by atoms with Crippen LogP contribution in [0.4, 0.5) is 0 Å². The Kier molecular flexibility index (Phi) is 4.67. The molecule has 1 heteroatoms. The van der Waals surface area contributed by atoms with Gasteiger partial charge in [0, 0.05) is 6.04 Å². The summed E-state index contributed by atoms with van der Waals surface area (Å²) in [5, 5.41) is 0. The summed E-state index contributed by atoms with van der Waals surface area (Å²) in [5.74, 6) is 0. The van der Waals surface area contributed by atoms with E-state index in [-0.39, 0.29) is 0 Å². The highest BCUT2D eigenvalue weighted by Crippen LogP contribution is 2.35. The highest BCUT2D eigenvalue weighted by atomic mass is 15.2. The van der Waals surface area contributed by atoms with Gasteiger partial charge in [-0.25, -0.2) is 0 Å². The molecule has 0 aromatic rings. The summed E-state index contributed by atoms with van der Waals surface area (Å²) in [6, 6.07) is 1.72. The number of hydrogen-bond acceptors (Lipinski definition) is 1. The largest absolute Gasteiger partial charge is 0.296 e. The minimum Gasteiger partial charge on any atom is -0.296 e. The Morgan fingerprint density at radius 2 is 1.50 bits per heavy atom. The molecule has 0 heterocycles. The normalized spacial score (nSPS) is 17.2. The van der Waals surface area contributed by atoms with Gasteiger partial charge in [-0.05, 0) is 38.8 Å². The Bertz CT molecular complexity index is 99.6. The lowest BCUT2D eigenvalue weighted by Crippen LogP contribution is -2.23. The van der Waals surface area contributed by atoms with Crippen molar-refractivity contribution in [2.24, 2.45) is 0 Å². The fourth-order valence-corrected chi connectivity index (χ4v) is 1.50. The van der Waals surface area contributed by atoms with Crippen LogP contribution in [-0.4, -0.2) is 18.0 Å². The van der Waals surface area contributed by atoms with Crippen LogP contribution in [0.2, 0.25) is 0 Å². The lowest BCUT2D eigenvalue weighted by Gasteiger charge is -2.20. The summed E-state index contributed by atoms with van der Waals surface area (Å²) in [6.07, 6.45) is 8.16. The van der Waals surface area contributed by atoms with E-state index >= 15 is 0 Å². The number of rotatable bonds is 7. The molecule has 0 aromatic carbocycles. The molecule has 0 aliphatic heterocycles. The summed E-state index contributed by atoms with van der Waals surface area (Å²) < 4.78 is 0. The van der Waals surface area contributed by atoms with Gasteiger partial charge >= 0.3 is 0 Å². The Balaban J connectivity index is 2.09. The van der Waals surface area contributed by atoms with Crippen molar-refractivity contribution in [3.63, 3.8) is 0 Å². The summed E-state index contributed by atoms with van der Waals surface area (Å²) in [7, 11) is 0. The van der Waals surface area contributed by atoms with Crippen molar-refractivity contribution >= 4 is 0 Å². The fraction of sp³-hybridized carbons (Fsp3) is 0.909. The number of nitrogens with zero attached hydrogens (tertiary/aromatic N) is 1. The van der Waals surface area contributed by atoms with Crippen molar-refractivity contribution in [3.05, 3.63) is 6.04 Å². The lowest BCUT2D eigenvalue weighted by atomic mass is 10.2. The van der Waals surface area contributed by atoms with E-state index in [1.165, 1.54) is 51.6 Å². The molecule has 1 aliphatic carbocycles. The first-order valence-electron chi connectivity index (χ1n) is 5.48. The van der Waals surface area contributed by atoms with Crippen LogP contribution >= 0.6 is 0 Å². The Morgan fingerprint density at radius 3 is 1.83 bits per heavy atom. The van der Waals surface area contributed by atoms with Gasteiger partial charge in [-0.2, -0.15) is 0 Å². The molecule has 0 aromatic heterocycles. The molecule has 1 rings (SSSR count). The van der Waals surface area contributed by atoms with Gasteiger partial charge in [-0.1, -0.05) is 26.7 Å². The molecule has 1 fully saturated rings. The van der Waals surface area contributed by atoms with Crippen LogP contribution < -0.4 is 0 Å². The molecule has 1 aliphatic rings. The lowest BCUT2D eigenvalue weighted by molar-refractivity contribution is 0.311. The average Bonchev–Trinajstić information content (AvgIpc) is 2.88. The zero-order chi connectivity index (χ0) is 8.81. The Hall–Kier alpha value is -0.0400. The molecule has 12 heavy (non-hydrogen) atoms. The topological polar surface area (TPSA) is 3.24 Å². The van der Waals surface area contributed by atoms with E-state index < -0.39 is 0 Å². The van der Waals surface area contributed by atoms with Crippen molar-refractivity contribution in [1.82, 2.24) is 4.90 Å². The van der Waals surface area contributed by atoms with Gasteiger partial charge in [0.1, 0.15) is 0 Å². The Labute approximate surface area is 77.1 Å². The van der Waals surface area contributed by atoms with Crippen LogP contribution in [0, 0.1) is 6.04 Å². The van der Waals surface area contributed by atoms with Crippen LogP contribution in [0.1, 0.15) is 52.4 Å². The quantitative estimate of drug-likeness (QED) is 0.564. The van der Waals surface area contributed by atoms with E-state index in [9.17, 15) is 0 Å². The molecule has 71 valence electrons. The second-order valence-corrected chi connectivity index (χ2v) is 3.76. The van der Waals surface area contributed by atoms with Crippen LogP contribution in [0.5, 0.6) is 0 Å². The molecular formula is C11H22N. The van der Waals surface area contributed by atoms with Gasteiger partial charge in [0.05, 0.1) is 0 Å². The highest BCUT2D eigenvalue weighted by Gasteiger charge is 2.28. The molecule has 1 nitrogen and oxygen atoms in total. The van der Waals surface area contributed by atoms with Crippen molar-refractivity contribution in [1.29, 1.82) is 0 Å². The van der Waals surface area contributed by atoms with Crippen LogP contribution in [0.15, 0.2) is 0 Å². The molecule has 0 bridgehead atoms. The third-order valence-corrected chi connectivity index (χ3v) is 2.48. The van der Waals surface area contributed by atoms with Gasteiger partial charge in [-0.15, -0.1) is 0 Å². The molecule has 0 unspecified atom stereocenters. The number of hydrogen-bond donors (Lipinski definition) is 0. The van der Waals surface area contributed by atoms with Gasteiger partial charge in [0.15, 0.2) is 0 Å². The van der Waals surface area contributed by atoms with Crippen LogP contribution in [-0.2, 0) is 0 Å². The first-order valence-corrected chi connectivity index (χ1v) is 5.48. The van der Waals surface area contributed by atoms with Gasteiger partial charge in [0.25, 0.3) is 0 Å². The van der Waals surface area contributed by atoms with E-state index in [1.54, 1.807) is 6.04 Å². The highest BCUT2D eigenvalue weighted by molar-refractivity contribution is 5.04. The minimum absolute atomic E-state index is 1.31. The molecule has 0 atom stereocenters. The van der Waals surface area contributed by atoms with Gasteiger partial charge in [0.2, 0.25) is 0 Å². The second-order valence-electron chi connectivity index (χ2n) is 3.76. The standard InChI is InChI=1S/C11H22N/c1-3-5-9-12(10-6-4-2)11-7-8-11/h3-10H2,1-2H3. The predicted molar refractivity (Wildman–Crippen MR) is 53.9 cm³/mol. The average molecular weight is 168 g/mol. The third kappa shape index (κ3) is 3.57. The summed E-state index contributed by atoms with van der Waals surface area (Å²) in [6.45, 7) is 7.17. The van der Waals surface area contributed by atoms with Crippen LogP contribution in [0.3, 0.4) is 0 Å². The van der Waals surface area contributed by atoms with Crippen molar-refractivity contribution in [3.8, 4) is 0 Å². The minimum atomic E-state index is 1.31. The fourth-order valence-electron chi connectivity index (χ4n) is 1.50. The maximum absolute atomic E-state index is 2.62. The zero-order valence-electron chi connectivity index (χ0n) is 8.60. The van der Waals surface area contributed by atoms with Gasteiger partial charge < -0.3 is 0 Å². The predicted octanol–water partition coefficient (Wildman–Crippen LogP) is 3.21. The van der Waals surface area contributed by atoms with E-state index in [0.717, 1.165) is 0 Å². The smallest absolute Gasteiger partial charge is 0.0394 e. The van der Waals surface area contributed by atoms with Crippen molar-refractivity contribution in [2.75, 3.05) is 13.1 Å². The molecular weight excluding hydrogens is 146 g/mol. The summed E-state index contributed by atoms with van der Waals surface area (Å²) >= 11 is 0. The molecule has 0 saturated heterocycles. The molecule has 0 amide bonds. The van der Waals surface area contributed by atoms with E-state index in [2.05, 4.69) is 18.7 Å². The molecule has 0 spiro atoms. The van der Waals surface area contributed by atoms with E-state index in [1.807, 2.05) is 0 Å². The van der Waals surface area contributed by atoms with Gasteiger partial charge in [-0.3, -0.25) is 4.90 Å². The monoisotopic (exact) mass is 168 g/mol. The van der Waals surface area contributed by atoms with E-state index in [0.29, 0.717) is 0 Å².